The van der Waals surface area contributed by atoms with Gasteiger partial charge in [-0.05, 0) is 111 Å². The van der Waals surface area contributed by atoms with Crippen LogP contribution >= 0.6 is 0 Å². The molecule has 0 aliphatic carbocycles. The summed E-state index contributed by atoms with van der Waals surface area (Å²) >= 11 is 0. The van der Waals surface area contributed by atoms with Gasteiger partial charge in [-0.3, -0.25) is 4.98 Å². The molecule has 0 saturated carbocycles. The number of nitrogens with zero attached hydrogens (tertiary/aromatic N) is 5. The van der Waals surface area contributed by atoms with Crippen molar-refractivity contribution < 1.29 is 0 Å². The van der Waals surface area contributed by atoms with E-state index in [1.54, 1.807) is 6.07 Å². The summed E-state index contributed by atoms with van der Waals surface area (Å²) in [7, 11) is 0. The van der Waals surface area contributed by atoms with Gasteiger partial charge in [0.15, 0.2) is 0 Å². The number of hydrogen-bond donors (Lipinski definition) is 0. The van der Waals surface area contributed by atoms with Gasteiger partial charge >= 0.3 is 0 Å². The lowest BCUT2D eigenvalue weighted by Crippen LogP contribution is -2.05. The Bertz CT molecular complexity index is 3520. The lowest BCUT2D eigenvalue weighted by atomic mass is 9.98. The number of pyridine rings is 1. The topological polar surface area (TPSA) is 70.3 Å². The molecule has 3 aromatic heterocycles. The van der Waals surface area contributed by atoms with Crippen LogP contribution < -0.4 is 0 Å². The minimum Gasteiger partial charge on any atom is -0.307 e. The summed E-state index contributed by atoms with van der Waals surface area (Å²) in [5, 5.41) is 25.0. The first-order valence-electron chi connectivity index (χ1n) is 22.0. The van der Waals surface area contributed by atoms with E-state index >= 15 is 0 Å². The predicted octanol–water partition coefficient (Wildman–Crippen LogP) is 15.4. The highest BCUT2D eigenvalue weighted by Crippen LogP contribution is 2.44. The van der Waals surface area contributed by atoms with Crippen LogP contribution in [-0.4, -0.2) is 14.1 Å². The summed E-state index contributed by atoms with van der Waals surface area (Å²) in [4.78, 5) is 5.09. The molecule has 0 fully saturated rings. The predicted molar refractivity (Wildman–Crippen MR) is 270 cm³/mol. The van der Waals surface area contributed by atoms with Gasteiger partial charge in [-0.15, -0.1) is 0 Å². The number of rotatable bonds is 7. The fraction of sp³-hybridized carbons (Fsp3) is 0. The van der Waals surface area contributed by atoms with Gasteiger partial charge in [0.05, 0.1) is 57.0 Å². The van der Waals surface area contributed by atoms with Crippen molar-refractivity contribution in [3.63, 3.8) is 0 Å². The highest BCUT2D eigenvalue weighted by atomic mass is 15.0. The van der Waals surface area contributed by atoms with Crippen molar-refractivity contribution in [2.75, 3.05) is 0 Å². The Labute approximate surface area is 381 Å². The Morgan fingerprint density at radius 1 is 0.303 bits per heavy atom. The van der Waals surface area contributed by atoms with Crippen LogP contribution in [0.2, 0.25) is 0 Å². The Morgan fingerprint density at radius 3 is 0.939 bits per heavy atom. The highest BCUT2D eigenvalue weighted by molar-refractivity contribution is 6.14. The molecule has 66 heavy (non-hydrogen) atoms. The Morgan fingerprint density at radius 2 is 0.621 bits per heavy atom. The van der Waals surface area contributed by atoms with Crippen LogP contribution in [0.1, 0.15) is 11.1 Å². The maximum atomic E-state index is 10.4. The van der Waals surface area contributed by atoms with E-state index in [0.717, 1.165) is 111 Å². The first-order valence-corrected chi connectivity index (χ1v) is 22.0. The molecular formula is C61H37N5. The van der Waals surface area contributed by atoms with Gasteiger partial charge in [0.2, 0.25) is 0 Å². The SMILES string of the molecule is N#Cc1ccc(-c2c(-n3c4ccc(-c5ccccc5)cc4c4cc(-c5ccccc5)ccc43)cncc2-n2c3ccc(-c4ccccc4)cc3c3cc(-c4ccccc4)ccc32)cc1C#N. The molecular weight excluding hydrogens is 803 g/mol. The summed E-state index contributed by atoms with van der Waals surface area (Å²) in [5.41, 5.74) is 17.2. The molecule has 306 valence electrons. The molecule has 5 heteroatoms. The molecule has 5 nitrogen and oxygen atoms in total. The normalized spacial score (nSPS) is 11.3. The number of hydrogen-bond acceptors (Lipinski definition) is 3. The molecule has 0 aliphatic heterocycles. The lowest BCUT2D eigenvalue weighted by molar-refractivity contribution is 1.09. The monoisotopic (exact) mass is 839 g/mol. The Kier molecular flexibility index (Phi) is 9.19. The quantitative estimate of drug-likeness (QED) is 0.160. The molecule has 12 rings (SSSR count). The van der Waals surface area contributed by atoms with Crippen molar-refractivity contribution in [3.8, 4) is 79.1 Å². The Balaban J connectivity index is 1.19. The first kappa shape index (κ1) is 38.4. The molecule has 0 aliphatic rings. The van der Waals surface area contributed by atoms with Gasteiger partial charge in [0.25, 0.3) is 0 Å². The maximum Gasteiger partial charge on any atom is 0.101 e. The van der Waals surface area contributed by atoms with Crippen molar-refractivity contribution in [2.45, 2.75) is 0 Å². The van der Waals surface area contributed by atoms with Crippen LogP contribution in [0, 0.1) is 22.7 Å². The van der Waals surface area contributed by atoms with Crippen molar-refractivity contribution in [1.82, 2.24) is 14.1 Å². The molecule has 0 radical (unpaired) electrons. The number of aromatic nitrogens is 3. The van der Waals surface area contributed by atoms with E-state index in [2.05, 4.69) is 191 Å². The molecule has 0 unspecified atom stereocenters. The molecule has 0 saturated heterocycles. The number of nitriles is 2. The second-order valence-corrected chi connectivity index (χ2v) is 16.6. The third-order valence-corrected chi connectivity index (χ3v) is 12.9. The van der Waals surface area contributed by atoms with Crippen LogP contribution in [0.4, 0.5) is 0 Å². The van der Waals surface area contributed by atoms with Gasteiger partial charge in [0.1, 0.15) is 12.1 Å². The summed E-state index contributed by atoms with van der Waals surface area (Å²) in [6.45, 7) is 0. The van der Waals surface area contributed by atoms with Gasteiger partial charge in [-0.25, -0.2) is 0 Å². The standard InChI is InChI=1S/C61H37N5/c62-36-49-22-21-48(31-50(49)37-63)61-59(65-55-27-23-44(40-13-5-1-6-14-40)32-51(55)52-33-45(24-28-56(52)65)41-15-7-2-8-16-41)38-64-39-60(61)66-57-29-25-46(42-17-9-3-10-18-42)34-53(57)54-35-47(26-30-58(54)66)43-19-11-4-12-20-43/h1-35,38-39H. The second kappa shape index (κ2) is 15.8. The minimum absolute atomic E-state index is 0.313. The molecule has 0 atom stereocenters. The zero-order chi connectivity index (χ0) is 44.1. The number of fused-ring (bicyclic) bond motifs is 6. The van der Waals surface area contributed by atoms with Gasteiger partial charge < -0.3 is 9.13 Å². The van der Waals surface area contributed by atoms with Gasteiger partial charge in [-0.2, -0.15) is 10.5 Å². The largest absolute Gasteiger partial charge is 0.307 e. The van der Waals surface area contributed by atoms with Crippen LogP contribution in [0.25, 0.3) is 111 Å². The summed E-state index contributed by atoms with van der Waals surface area (Å²) < 4.78 is 4.64. The zero-order valence-corrected chi connectivity index (χ0v) is 35.6. The highest BCUT2D eigenvalue weighted by Gasteiger charge is 2.24. The third kappa shape index (κ3) is 6.35. The first-order chi connectivity index (χ1) is 32.6. The van der Waals surface area contributed by atoms with Crippen molar-refractivity contribution in [2.24, 2.45) is 0 Å². The van der Waals surface area contributed by atoms with Gasteiger partial charge in [-0.1, -0.05) is 152 Å². The van der Waals surface area contributed by atoms with E-state index in [0.29, 0.717) is 11.1 Å². The molecule has 0 amide bonds. The van der Waals surface area contributed by atoms with E-state index in [1.165, 1.54) is 0 Å². The lowest BCUT2D eigenvalue weighted by Gasteiger charge is -2.20. The summed E-state index contributed by atoms with van der Waals surface area (Å²) in [5.74, 6) is 0. The van der Waals surface area contributed by atoms with Crippen molar-refractivity contribution in [3.05, 3.63) is 236 Å². The van der Waals surface area contributed by atoms with Crippen LogP contribution in [0.5, 0.6) is 0 Å². The number of benzene rings is 9. The van der Waals surface area contributed by atoms with Crippen LogP contribution in [-0.2, 0) is 0 Å². The Hall–Kier alpha value is -9.29. The fourth-order valence-electron chi connectivity index (χ4n) is 9.77. The molecule has 0 N–H and O–H groups in total. The van der Waals surface area contributed by atoms with Crippen molar-refractivity contribution in [1.29, 1.82) is 10.5 Å². The minimum atomic E-state index is 0.313. The van der Waals surface area contributed by atoms with Crippen molar-refractivity contribution >= 4 is 43.6 Å². The summed E-state index contributed by atoms with van der Waals surface area (Å²) in [6, 6.07) is 78.9. The molecule has 9 aromatic carbocycles. The molecule has 0 spiro atoms. The van der Waals surface area contributed by atoms with E-state index < -0.39 is 0 Å². The zero-order valence-electron chi connectivity index (χ0n) is 35.6. The van der Waals surface area contributed by atoms with E-state index in [1.807, 2.05) is 48.8 Å². The molecule has 0 bridgehead atoms. The molecule has 12 aromatic rings. The smallest absolute Gasteiger partial charge is 0.101 e. The average Bonchev–Trinajstić information content (AvgIpc) is 3.90. The van der Waals surface area contributed by atoms with E-state index in [4.69, 9.17) is 4.98 Å². The summed E-state index contributed by atoms with van der Waals surface area (Å²) in [6.07, 6.45) is 3.88. The molecule has 3 heterocycles. The fourth-order valence-corrected chi connectivity index (χ4v) is 9.77. The van der Waals surface area contributed by atoms with Crippen LogP contribution in [0.15, 0.2) is 225 Å². The van der Waals surface area contributed by atoms with E-state index in [-0.39, 0.29) is 0 Å². The average molecular weight is 840 g/mol. The van der Waals surface area contributed by atoms with Gasteiger partial charge in [0, 0.05) is 27.1 Å². The van der Waals surface area contributed by atoms with Crippen LogP contribution in [0.3, 0.4) is 0 Å². The second-order valence-electron chi connectivity index (χ2n) is 16.6. The van der Waals surface area contributed by atoms with E-state index in [9.17, 15) is 10.5 Å². The maximum absolute atomic E-state index is 10.4. The third-order valence-electron chi connectivity index (χ3n) is 12.9.